The smallest absolute Gasteiger partial charge is 0.128 e. The minimum absolute atomic E-state index is 0.603. The normalized spacial score (nSPS) is 28.2. The summed E-state index contributed by atoms with van der Waals surface area (Å²) in [6, 6.07) is 4.49. The van der Waals surface area contributed by atoms with Crippen molar-refractivity contribution < 1.29 is 0 Å². The van der Waals surface area contributed by atoms with Crippen LogP contribution in [0.25, 0.3) is 0 Å². The van der Waals surface area contributed by atoms with Crippen molar-refractivity contribution in [1.29, 1.82) is 0 Å². The maximum atomic E-state index is 4.84. The van der Waals surface area contributed by atoms with Crippen LogP contribution in [-0.2, 0) is 12.8 Å². The summed E-state index contributed by atoms with van der Waals surface area (Å²) in [5.41, 5.74) is 2.81. The average molecular weight is 295 g/mol. The zero-order chi connectivity index (χ0) is 11.8. The number of pyridine rings is 1. The van der Waals surface area contributed by atoms with Gasteiger partial charge in [-0.05, 0) is 43.2 Å². The lowest BCUT2D eigenvalue weighted by Gasteiger charge is -2.35. The van der Waals surface area contributed by atoms with Gasteiger partial charge in [-0.2, -0.15) is 0 Å². The van der Waals surface area contributed by atoms with Gasteiger partial charge in [0.15, 0.2) is 0 Å². The molecule has 1 aromatic rings. The Hall–Kier alpha value is -0.570. The Morgan fingerprint density at radius 1 is 1.35 bits per heavy atom. The van der Waals surface area contributed by atoms with E-state index in [2.05, 4.69) is 39.9 Å². The Balaban J connectivity index is 1.80. The lowest BCUT2D eigenvalue weighted by atomic mass is 9.99. The second-order valence-corrected chi connectivity index (χ2v) is 6.53. The minimum atomic E-state index is 0.603. The topological polar surface area (TPSA) is 16.1 Å². The number of aryl methyl sites for hydroxylation is 2. The molecule has 1 aliphatic heterocycles. The molecule has 1 aromatic heterocycles. The predicted molar refractivity (Wildman–Crippen MR) is 75.0 cm³/mol. The number of alkyl halides is 1. The molecule has 1 fully saturated rings. The van der Waals surface area contributed by atoms with E-state index >= 15 is 0 Å². The van der Waals surface area contributed by atoms with Crippen LogP contribution in [0, 0.1) is 5.92 Å². The van der Waals surface area contributed by atoms with E-state index in [4.69, 9.17) is 4.98 Å². The number of rotatable bonds is 1. The molecule has 2 nitrogen and oxygen atoms in total. The largest absolute Gasteiger partial charge is 0.355 e. The number of aromatic nitrogens is 1. The summed E-state index contributed by atoms with van der Waals surface area (Å²) >= 11 is 3.78. The molecule has 0 bridgehead atoms. The zero-order valence-corrected chi connectivity index (χ0v) is 11.9. The lowest BCUT2D eigenvalue weighted by Crippen LogP contribution is -2.40. The Morgan fingerprint density at radius 3 is 3.06 bits per heavy atom. The fourth-order valence-electron chi connectivity index (χ4n) is 2.82. The lowest BCUT2D eigenvalue weighted by molar-refractivity contribution is 0.454. The van der Waals surface area contributed by atoms with Gasteiger partial charge in [0, 0.05) is 23.6 Å². The van der Waals surface area contributed by atoms with E-state index in [-0.39, 0.29) is 0 Å². The summed E-state index contributed by atoms with van der Waals surface area (Å²) in [7, 11) is 0. The van der Waals surface area contributed by atoms with E-state index in [0.717, 1.165) is 19.0 Å². The number of halogens is 1. The molecule has 17 heavy (non-hydrogen) atoms. The predicted octanol–water partition coefficient (Wildman–Crippen LogP) is 3.18. The number of hydrogen-bond donors (Lipinski definition) is 0. The zero-order valence-electron chi connectivity index (χ0n) is 10.3. The summed E-state index contributed by atoms with van der Waals surface area (Å²) in [5.74, 6) is 1.96. The fourth-order valence-corrected chi connectivity index (χ4v) is 3.43. The molecule has 0 amide bonds. The van der Waals surface area contributed by atoms with Crippen molar-refractivity contribution in [3.05, 3.63) is 23.4 Å². The number of piperidine rings is 1. The molecular weight excluding hydrogens is 276 g/mol. The van der Waals surface area contributed by atoms with Gasteiger partial charge in [-0.15, -0.1) is 0 Å². The summed E-state index contributed by atoms with van der Waals surface area (Å²) in [6.45, 7) is 4.56. The monoisotopic (exact) mass is 294 g/mol. The van der Waals surface area contributed by atoms with E-state index < -0.39 is 0 Å². The van der Waals surface area contributed by atoms with E-state index in [1.54, 1.807) is 0 Å². The fraction of sp³-hybridized carbons (Fsp3) is 0.643. The Kier molecular flexibility index (Phi) is 3.12. The molecule has 0 N–H and O–H groups in total. The van der Waals surface area contributed by atoms with Crippen LogP contribution in [0.5, 0.6) is 0 Å². The average Bonchev–Trinajstić information content (AvgIpc) is 2.79. The molecule has 0 aromatic carbocycles. The SMILES string of the molecule is CC1CCN(c2ccc3c(n2)CCC3)CC1Br. The van der Waals surface area contributed by atoms with Crippen LogP contribution in [0.15, 0.2) is 12.1 Å². The quantitative estimate of drug-likeness (QED) is 0.740. The second kappa shape index (κ2) is 4.60. The molecule has 2 aliphatic rings. The molecule has 2 heterocycles. The van der Waals surface area contributed by atoms with Crippen LogP contribution >= 0.6 is 15.9 Å². The number of anilines is 1. The molecule has 3 heteroatoms. The highest BCUT2D eigenvalue weighted by molar-refractivity contribution is 9.09. The van der Waals surface area contributed by atoms with Gasteiger partial charge >= 0.3 is 0 Å². The molecule has 92 valence electrons. The number of hydrogen-bond acceptors (Lipinski definition) is 2. The van der Waals surface area contributed by atoms with Gasteiger partial charge in [0.1, 0.15) is 5.82 Å². The van der Waals surface area contributed by atoms with Crippen molar-refractivity contribution in [2.45, 2.75) is 37.4 Å². The van der Waals surface area contributed by atoms with E-state index in [0.29, 0.717) is 4.83 Å². The first kappa shape index (κ1) is 11.5. The van der Waals surface area contributed by atoms with Gasteiger partial charge in [-0.1, -0.05) is 28.9 Å². The Morgan fingerprint density at radius 2 is 2.24 bits per heavy atom. The van der Waals surface area contributed by atoms with Crippen LogP contribution in [-0.4, -0.2) is 22.9 Å². The first-order valence-corrected chi connectivity index (χ1v) is 7.53. The second-order valence-electron chi connectivity index (χ2n) is 5.36. The molecule has 2 atom stereocenters. The standard InChI is InChI=1S/C14H19BrN2/c1-10-7-8-17(9-12(10)15)14-6-5-11-3-2-4-13(11)16-14/h5-6,10,12H,2-4,7-9H2,1H3. The van der Waals surface area contributed by atoms with Crippen molar-refractivity contribution in [1.82, 2.24) is 4.98 Å². The molecule has 1 saturated heterocycles. The van der Waals surface area contributed by atoms with Gasteiger partial charge in [0.2, 0.25) is 0 Å². The molecule has 0 saturated carbocycles. The highest BCUT2D eigenvalue weighted by atomic mass is 79.9. The van der Waals surface area contributed by atoms with Crippen LogP contribution in [0.2, 0.25) is 0 Å². The summed E-state index contributed by atoms with van der Waals surface area (Å²) in [4.78, 5) is 7.87. The highest BCUT2D eigenvalue weighted by Gasteiger charge is 2.25. The third-order valence-electron chi connectivity index (χ3n) is 4.10. The Labute approximate surface area is 112 Å². The van der Waals surface area contributed by atoms with Gasteiger partial charge < -0.3 is 4.90 Å². The van der Waals surface area contributed by atoms with Crippen molar-refractivity contribution >= 4 is 21.7 Å². The van der Waals surface area contributed by atoms with Gasteiger partial charge in [0.05, 0.1) is 0 Å². The van der Waals surface area contributed by atoms with Crippen LogP contribution in [0.3, 0.4) is 0 Å². The van der Waals surface area contributed by atoms with Gasteiger partial charge in [-0.25, -0.2) is 4.98 Å². The number of fused-ring (bicyclic) bond motifs is 1. The third kappa shape index (κ3) is 2.22. The maximum Gasteiger partial charge on any atom is 0.128 e. The maximum absolute atomic E-state index is 4.84. The summed E-state index contributed by atoms with van der Waals surface area (Å²) in [5, 5.41) is 0. The third-order valence-corrected chi connectivity index (χ3v) is 5.30. The van der Waals surface area contributed by atoms with Crippen molar-refractivity contribution in [2.24, 2.45) is 5.92 Å². The first-order chi connectivity index (χ1) is 8.24. The highest BCUT2D eigenvalue weighted by Crippen LogP contribution is 2.28. The number of nitrogens with zero attached hydrogens (tertiary/aromatic N) is 2. The molecular formula is C14H19BrN2. The van der Waals surface area contributed by atoms with Crippen LogP contribution in [0.4, 0.5) is 5.82 Å². The molecule has 1 aliphatic carbocycles. The van der Waals surface area contributed by atoms with Crippen LogP contribution in [0.1, 0.15) is 31.0 Å². The van der Waals surface area contributed by atoms with Crippen molar-refractivity contribution in [2.75, 3.05) is 18.0 Å². The van der Waals surface area contributed by atoms with Crippen molar-refractivity contribution in [3.63, 3.8) is 0 Å². The molecule has 0 radical (unpaired) electrons. The van der Waals surface area contributed by atoms with Crippen LogP contribution < -0.4 is 4.90 Å². The van der Waals surface area contributed by atoms with Gasteiger partial charge in [-0.3, -0.25) is 0 Å². The van der Waals surface area contributed by atoms with Crippen molar-refractivity contribution in [3.8, 4) is 0 Å². The minimum Gasteiger partial charge on any atom is -0.355 e. The van der Waals surface area contributed by atoms with E-state index in [1.165, 1.54) is 42.8 Å². The molecule has 2 unspecified atom stereocenters. The van der Waals surface area contributed by atoms with Gasteiger partial charge in [0.25, 0.3) is 0 Å². The summed E-state index contributed by atoms with van der Waals surface area (Å²) in [6.07, 6.45) is 4.93. The van der Waals surface area contributed by atoms with E-state index in [9.17, 15) is 0 Å². The molecule has 0 spiro atoms. The Bertz CT molecular complexity index is 419. The molecule has 3 rings (SSSR count). The first-order valence-electron chi connectivity index (χ1n) is 6.62. The summed E-state index contributed by atoms with van der Waals surface area (Å²) < 4.78 is 0. The van der Waals surface area contributed by atoms with E-state index in [1.807, 2.05) is 0 Å².